The number of hydrogen-bond acceptors (Lipinski definition) is 5. The van der Waals surface area contributed by atoms with Gasteiger partial charge < -0.3 is 25.4 Å². The molecule has 0 aliphatic carbocycles. The molecule has 0 aromatic heterocycles. The Kier molecular flexibility index (Phi) is 6.53. The van der Waals surface area contributed by atoms with Gasteiger partial charge in [0.25, 0.3) is 0 Å². The number of hydrogen-bond donors (Lipinski definition) is 3. The number of guanidine groups is 1. The second kappa shape index (κ2) is 8.86. The van der Waals surface area contributed by atoms with E-state index in [1.54, 1.807) is 18.9 Å². The summed E-state index contributed by atoms with van der Waals surface area (Å²) in [5.41, 5.74) is 0.491. The Balaban J connectivity index is 1.60. The van der Waals surface area contributed by atoms with Crippen LogP contribution >= 0.6 is 11.8 Å². The van der Waals surface area contributed by atoms with Crippen molar-refractivity contribution in [1.29, 1.82) is 0 Å². The smallest absolute Gasteiger partial charge is 0.191 e. The molecule has 2 fully saturated rings. The fraction of sp³-hybridized carbons (Fsp3) is 0.632. The van der Waals surface area contributed by atoms with Crippen molar-refractivity contribution in [3.05, 3.63) is 24.3 Å². The second-order valence-electron chi connectivity index (χ2n) is 6.97. The van der Waals surface area contributed by atoms with E-state index < -0.39 is 5.60 Å². The molecule has 2 atom stereocenters. The first-order valence-corrected chi connectivity index (χ1v) is 10.5. The minimum atomic E-state index is -0.647. The lowest BCUT2D eigenvalue weighted by molar-refractivity contribution is 0.0778. The fourth-order valence-corrected chi connectivity index (χ4v) is 4.73. The lowest BCUT2D eigenvalue weighted by atomic mass is 10.1. The summed E-state index contributed by atoms with van der Waals surface area (Å²) in [4.78, 5) is 7.00. The van der Waals surface area contributed by atoms with Gasteiger partial charge in [0.15, 0.2) is 5.96 Å². The minimum Gasteiger partial charge on any atom is -0.495 e. The van der Waals surface area contributed by atoms with Crippen molar-refractivity contribution >= 4 is 23.4 Å². The molecule has 0 radical (unpaired) electrons. The Morgan fingerprint density at radius 1 is 1.46 bits per heavy atom. The number of methoxy groups -OCH3 is 1. The zero-order chi connectivity index (χ0) is 18.4. The third kappa shape index (κ3) is 4.76. The van der Waals surface area contributed by atoms with Crippen LogP contribution in [-0.4, -0.2) is 67.5 Å². The van der Waals surface area contributed by atoms with E-state index in [1.807, 2.05) is 18.2 Å². The topological polar surface area (TPSA) is 69.1 Å². The number of thioether (sulfide) groups is 1. The van der Waals surface area contributed by atoms with Crippen LogP contribution < -0.4 is 20.3 Å². The molecular formula is C19H30N4O2S. The van der Waals surface area contributed by atoms with Crippen molar-refractivity contribution in [1.82, 2.24) is 10.6 Å². The van der Waals surface area contributed by atoms with Crippen LogP contribution in [0.4, 0.5) is 5.69 Å². The Hall–Kier alpha value is -1.60. The van der Waals surface area contributed by atoms with Crippen LogP contribution in [0.3, 0.4) is 0 Å². The van der Waals surface area contributed by atoms with E-state index >= 15 is 0 Å². The van der Waals surface area contributed by atoms with Crippen molar-refractivity contribution in [3.63, 3.8) is 0 Å². The van der Waals surface area contributed by atoms with Gasteiger partial charge >= 0.3 is 0 Å². The molecule has 3 rings (SSSR count). The highest BCUT2D eigenvalue weighted by Gasteiger charge is 2.32. The number of aliphatic imine (C=N–C) groups is 1. The van der Waals surface area contributed by atoms with Crippen molar-refractivity contribution in [2.45, 2.75) is 31.4 Å². The van der Waals surface area contributed by atoms with Crippen LogP contribution in [0.25, 0.3) is 0 Å². The average molecular weight is 379 g/mol. The number of nitrogens with zero attached hydrogens (tertiary/aromatic N) is 2. The maximum Gasteiger partial charge on any atom is 0.191 e. The fourth-order valence-electron chi connectivity index (χ4n) is 3.45. The number of anilines is 1. The number of aliphatic hydroxyl groups is 1. The van der Waals surface area contributed by atoms with E-state index in [2.05, 4.69) is 33.5 Å². The summed E-state index contributed by atoms with van der Waals surface area (Å²) >= 11 is 1.80. The molecular weight excluding hydrogens is 348 g/mol. The van der Waals surface area contributed by atoms with Crippen LogP contribution in [0.1, 0.15) is 19.8 Å². The molecule has 2 heterocycles. The molecule has 0 spiro atoms. The zero-order valence-corrected chi connectivity index (χ0v) is 16.5. The molecule has 2 saturated heterocycles. The Morgan fingerprint density at radius 2 is 2.31 bits per heavy atom. The van der Waals surface area contributed by atoms with Gasteiger partial charge in [-0.2, -0.15) is 11.8 Å². The number of benzene rings is 1. The molecule has 2 aliphatic heterocycles. The average Bonchev–Trinajstić information content (AvgIpc) is 3.29. The first kappa shape index (κ1) is 19.2. The molecule has 6 nitrogen and oxygen atoms in total. The van der Waals surface area contributed by atoms with Crippen molar-refractivity contribution < 1.29 is 9.84 Å². The predicted molar refractivity (Wildman–Crippen MR) is 110 cm³/mol. The molecule has 0 amide bonds. The largest absolute Gasteiger partial charge is 0.495 e. The molecule has 26 heavy (non-hydrogen) atoms. The van der Waals surface area contributed by atoms with Crippen LogP contribution in [0.2, 0.25) is 0 Å². The Labute approximate surface area is 160 Å². The number of para-hydroxylation sites is 2. The normalized spacial score (nSPS) is 26.2. The van der Waals surface area contributed by atoms with E-state index in [4.69, 9.17) is 4.74 Å². The Bertz CT molecular complexity index is 619. The van der Waals surface area contributed by atoms with Gasteiger partial charge in [0.05, 0.1) is 24.9 Å². The molecule has 2 unspecified atom stereocenters. The van der Waals surface area contributed by atoms with E-state index in [-0.39, 0.29) is 0 Å². The van der Waals surface area contributed by atoms with E-state index in [9.17, 15) is 5.11 Å². The molecule has 2 aliphatic rings. The number of ether oxygens (including phenoxy) is 1. The van der Waals surface area contributed by atoms with Crippen molar-refractivity contribution in [3.8, 4) is 5.75 Å². The van der Waals surface area contributed by atoms with Crippen LogP contribution in [0, 0.1) is 0 Å². The van der Waals surface area contributed by atoms with E-state index in [0.29, 0.717) is 12.6 Å². The molecule has 144 valence electrons. The lowest BCUT2D eigenvalue weighted by Crippen LogP contribution is -2.45. The van der Waals surface area contributed by atoms with E-state index in [1.165, 1.54) is 0 Å². The highest BCUT2D eigenvalue weighted by atomic mass is 32.2. The van der Waals surface area contributed by atoms with Crippen molar-refractivity contribution in [2.75, 3.05) is 49.7 Å². The molecule has 0 saturated carbocycles. The van der Waals surface area contributed by atoms with Gasteiger partial charge in [-0.25, -0.2) is 0 Å². The highest BCUT2D eigenvalue weighted by molar-refractivity contribution is 7.99. The number of nitrogens with one attached hydrogen (secondary N) is 2. The third-order valence-corrected chi connectivity index (χ3v) is 6.15. The summed E-state index contributed by atoms with van der Waals surface area (Å²) in [6, 6.07) is 8.47. The van der Waals surface area contributed by atoms with Gasteiger partial charge in [0, 0.05) is 31.4 Å². The quantitative estimate of drug-likeness (QED) is 0.517. The maximum absolute atomic E-state index is 10.5. The van der Waals surface area contributed by atoms with Gasteiger partial charge in [0.1, 0.15) is 5.75 Å². The second-order valence-corrected chi connectivity index (χ2v) is 8.08. The molecule has 7 heteroatoms. The standard InChI is InChI=1S/C19H30N4O2S/c1-3-20-18(21-13-19(24)9-11-26-14-19)22-15-8-10-23(12-15)16-6-4-5-7-17(16)25-2/h4-7,15,24H,3,8-14H2,1-2H3,(H2,20,21,22). The molecule has 1 aromatic carbocycles. The minimum absolute atomic E-state index is 0.324. The third-order valence-electron chi connectivity index (χ3n) is 4.91. The number of rotatable bonds is 6. The van der Waals surface area contributed by atoms with Gasteiger partial charge in [-0.1, -0.05) is 12.1 Å². The van der Waals surface area contributed by atoms with Gasteiger partial charge in [-0.05, 0) is 37.7 Å². The lowest BCUT2D eigenvalue weighted by Gasteiger charge is -2.23. The summed E-state index contributed by atoms with van der Waals surface area (Å²) in [7, 11) is 1.71. The van der Waals surface area contributed by atoms with Gasteiger partial charge in [-0.3, -0.25) is 4.99 Å². The molecule has 0 bridgehead atoms. The maximum atomic E-state index is 10.5. The van der Waals surface area contributed by atoms with Crippen LogP contribution in [-0.2, 0) is 0 Å². The summed E-state index contributed by atoms with van der Waals surface area (Å²) in [6.45, 7) is 5.22. The summed E-state index contributed by atoms with van der Waals surface area (Å²) in [5.74, 6) is 3.51. The SMILES string of the molecule is CCNC(=NCC1(O)CCSC1)NC1CCN(c2ccccc2OC)C1. The monoisotopic (exact) mass is 378 g/mol. The summed E-state index contributed by atoms with van der Waals surface area (Å²) in [6.07, 6.45) is 1.87. The Morgan fingerprint density at radius 3 is 3.04 bits per heavy atom. The molecule has 3 N–H and O–H groups in total. The summed E-state index contributed by atoms with van der Waals surface area (Å²) in [5, 5.41) is 17.4. The van der Waals surface area contributed by atoms with Crippen molar-refractivity contribution in [2.24, 2.45) is 4.99 Å². The predicted octanol–water partition coefficient (Wildman–Crippen LogP) is 1.70. The first-order chi connectivity index (χ1) is 12.6. The van der Waals surface area contributed by atoms with Gasteiger partial charge in [-0.15, -0.1) is 0 Å². The van der Waals surface area contributed by atoms with E-state index in [0.717, 1.165) is 61.4 Å². The molecule has 1 aromatic rings. The van der Waals surface area contributed by atoms with Gasteiger partial charge in [0.2, 0.25) is 0 Å². The van der Waals surface area contributed by atoms with Crippen LogP contribution in [0.15, 0.2) is 29.3 Å². The van der Waals surface area contributed by atoms with Crippen LogP contribution in [0.5, 0.6) is 5.75 Å². The summed E-state index contributed by atoms with van der Waals surface area (Å²) < 4.78 is 5.49. The first-order valence-electron chi connectivity index (χ1n) is 9.36. The highest BCUT2D eigenvalue weighted by Crippen LogP contribution is 2.30. The zero-order valence-electron chi connectivity index (χ0n) is 15.7.